The SMILES string of the molecule is CCC1CN(c2ccc(-n3ccc(OCc4ccccc4)cc3=O)cn2)CCN1. The molecule has 1 aromatic carbocycles. The molecule has 3 aromatic rings. The van der Waals surface area contributed by atoms with Gasteiger partial charge in [-0.05, 0) is 30.2 Å². The van der Waals surface area contributed by atoms with Crippen LogP contribution in [0.15, 0.2) is 71.8 Å². The summed E-state index contributed by atoms with van der Waals surface area (Å²) in [6, 6.07) is 17.6. The van der Waals surface area contributed by atoms with E-state index in [1.807, 2.05) is 42.5 Å². The molecule has 2 aromatic heterocycles. The molecule has 1 atom stereocenters. The van der Waals surface area contributed by atoms with Crippen molar-refractivity contribution in [1.29, 1.82) is 0 Å². The highest BCUT2D eigenvalue weighted by molar-refractivity contribution is 5.44. The van der Waals surface area contributed by atoms with Crippen LogP contribution in [0.5, 0.6) is 5.75 Å². The summed E-state index contributed by atoms with van der Waals surface area (Å²) < 4.78 is 7.32. The Bertz CT molecular complexity index is 986. The summed E-state index contributed by atoms with van der Waals surface area (Å²) in [5, 5.41) is 3.51. The lowest BCUT2D eigenvalue weighted by Crippen LogP contribution is -2.50. The molecule has 0 spiro atoms. The predicted octanol–water partition coefficient (Wildman–Crippen LogP) is 3.00. The number of ether oxygens (including phenoxy) is 1. The van der Waals surface area contributed by atoms with Crippen LogP contribution in [0.4, 0.5) is 5.82 Å². The first-order chi connectivity index (χ1) is 14.2. The van der Waals surface area contributed by atoms with E-state index in [4.69, 9.17) is 4.74 Å². The number of rotatable bonds is 6. The fraction of sp³-hybridized carbons (Fsp3) is 0.304. The second-order valence-corrected chi connectivity index (χ2v) is 7.22. The molecule has 4 rings (SSSR count). The maximum atomic E-state index is 12.6. The molecule has 29 heavy (non-hydrogen) atoms. The van der Waals surface area contributed by atoms with Crippen molar-refractivity contribution in [1.82, 2.24) is 14.9 Å². The number of nitrogens with one attached hydrogen (secondary N) is 1. The van der Waals surface area contributed by atoms with Crippen LogP contribution in [-0.4, -0.2) is 35.2 Å². The van der Waals surface area contributed by atoms with Crippen LogP contribution < -0.4 is 20.5 Å². The van der Waals surface area contributed by atoms with E-state index >= 15 is 0 Å². The number of piperazine rings is 1. The quantitative estimate of drug-likeness (QED) is 0.701. The molecule has 6 heteroatoms. The minimum absolute atomic E-state index is 0.140. The number of pyridine rings is 2. The van der Waals surface area contributed by atoms with Crippen LogP contribution in [-0.2, 0) is 6.61 Å². The molecule has 6 nitrogen and oxygen atoms in total. The third kappa shape index (κ3) is 4.66. The molecule has 0 radical (unpaired) electrons. The Balaban J connectivity index is 1.45. The lowest BCUT2D eigenvalue weighted by atomic mass is 10.1. The van der Waals surface area contributed by atoms with Crippen molar-refractivity contribution in [2.75, 3.05) is 24.5 Å². The third-order valence-corrected chi connectivity index (χ3v) is 5.22. The van der Waals surface area contributed by atoms with E-state index in [0.29, 0.717) is 18.4 Å². The number of nitrogens with zero attached hydrogens (tertiary/aromatic N) is 3. The number of hydrogen-bond acceptors (Lipinski definition) is 5. The third-order valence-electron chi connectivity index (χ3n) is 5.22. The summed E-state index contributed by atoms with van der Waals surface area (Å²) in [6.07, 6.45) is 4.59. The Morgan fingerprint density at radius 1 is 1.17 bits per heavy atom. The zero-order valence-corrected chi connectivity index (χ0v) is 16.6. The molecular weight excluding hydrogens is 364 g/mol. The Morgan fingerprint density at radius 2 is 2.03 bits per heavy atom. The Hall–Kier alpha value is -3.12. The zero-order valence-electron chi connectivity index (χ0n) is 16.6. The van der Waals surface area contributed by atoms with Gasteiger partial charge in [0, 0.05) is 37.9 Å². The standard InChI is InChI=1S/C23H26N4O2/c1-2-19-16-26(13-11-24-19)22-9-8-20(15-25-22)27-12-10-21(14-23(27)28)29-17-18-6-4-3-5-7-18/h3-10,12,14-15,19,24H,2,11,13,16-17H2,1H3. The van der Waals surface area contributed by atoms with Gasteiger partial charge in [0.1, 0.15) is 18.2 Å². The Kier molecular flexibility index (Phi) is 5.91. The molecule has 0 amide bonds. The van der Waals surface area contributed by atoms with Gasteiger partial charge in [-0.15, -0.1) is 0 Å². The lowest BCUT2D eigenvalue weighted by molar-refractivity contribution is 0.305. The van der Waals surface area contributed by atoms with Crippen LogP contribution in [0.2, 0.25) is 0 Å². The van der Waals surface area contributed by atoms with Gasteiger partial charge in [0.25, 0.3) is 5.56 Å². The molecule has 1 saturated heterocycles. The van der Waals surface area contributed by atoms with E-state index in [1.54, 1.807) is 23.0 Å². The Labute approximate surface area is 170 Å². The van der Waals surface area contributed by atoms with Crippen LogP contribution in [0.3, 0.4) is 0 Å². The van der Waals surface area contributed by atoms with Crippen LogP contribution >= 0.6 is 0 Å². The fourth-order valence-electron chi connectivity index (χ4n) is 3.52. The highest BCUT2D eigenvalue weighted by Gasteiger charge is 2.18. The minimum Gasteiger partial charge on any atom is -0.489 e. The molecule has 3 heterocycles. The molecule has 1 N–H and O–H groups in total. The first-order valence-electron chi connectivity index (χ1n) is 10.1. The largest absolute Gasteiger partial charge is 0.489 e. The monoisotopic (exact) mass is 390 g/mol. The average molecular weight is 390 g/mol. The molecule has 0 saturated carbocycles. The summed E-state index contributed by atoms with van der Waals surface area (Å²) in [5.41, 5.74) is 1.67. The maximum absolute atomic E-state index is 12.6. The van der Waals surface area contributed by atoms with E-state index in [9.17, 15) is 4.79 Å². The van der Waals surface area contributed by atoms with E-state index in [0.717, 1.165) is 43.1 Å². The topological polar surface area (TPSA) is 59.4 Å². The highest BCUT2D eigenvalue weighted by atomic mass is 16.5. The normalized spacial score (nSPS) is 16.6. The average Bonchev–Trinajstić information content (AvgIpc) is 2.79. The summed E-state index contributed by atoms with van der Waals surface area (Å²) in [7, 11) is 0. The van der Waals surface area contributed by atoms with E-state index in [2.05, 4.69) is 22.1 Å². The van der Waals surface area contributed by atoms with Gasteiger partial charge in [0.15, 0.2) is 0 Å². The zero-order chi connectivity index (χ0) is 20.1. The summed E-state index contributed by atoms with van der Waals surface area (Å²) >= 11 is 0. The maximum Gasteiger partial charge on any atom is 0.258 e. The lowest BCUT2D eigenvalue weighted by Gasteiger charge is -2.34. The minimum atomic E-state index is -0.140. The van der Waals surface area contributed by atoms with Crippen molar-refractivity contribution < 1.29 is 4.74 Å². The molecular formula is C23H26N4O2. The van der Waals surface area contributed by atoms with Crippen LogP contribution in [0.1, 0.15) is 18.9 Å². The molecule has 150 valence electrons. The predicted molar refractivity (Wildman–Crippen MR) is 115 cm³/mol. The first kappa shape index (κ1) is 19.2. The van der Waals surface area contributed by atoms with Gasteiger partial charge in [-0.1, -0.05) is 37.3 Å². The van der Waals surface area contributed by atoms with Gasteiger partial charge in [0.2, 0.25) is 0 Å². The van der Waals surface area contributed by atoms with Gasteiger partial charge in [-0.2, -0.15) is 0 Å². The van der Waals surface area contributed by atoms with Gasteiger partial charge >= 0.3 is 0 Å². The molecule has 1 aliphatic heterocycles. The second kappa shape index (κ2) is 8.92. The molecule has 1 unspecified atom stereocenters. The molecule has 1 fully saturated rings. The van der Waals surface area contributed by atoms with Crippen molar-refractivity contribution in [3.63, 3.8) is 0 Å². The van der Waals surface area contributed by atoms with Crippen molar-refractivity contribution in [2.24, 2.45) is 0 Å². The summed E-state index contributed by atoms with van der Waals surface area (Å²) in [6.45, 7) is 5.49. The van der Waals surface area contributed by atoms with E-state index < -0.39 is 0 Å². The fourth-order valence-corrected chi connectivity index (χ4v) is 3.52. The van der Waals surface area contributed by atoms with E-state index in [1.165, 1.54) is 6.07 Å². The number of benzene rings is 1. The van der Waals surface area contributed by atoms with Gasteiger partial charge in [-0.3, -0.25) is 9.36 Å². The number of hydrogen-bond donors (Lipinski definition) is 1. The molecule has 1 aliphatic rings. The number of anilines is 1. The summed E-state index contributed by atoms with van der Waals surface area (Å²) in [4.78, 5) is 19.4. The smallest absolute Gasteiger partial charge is 0.258 e. The van der Waals surface area contributed by atoms with Gasteiger partial charge in [-0.25, -0.2) is 4.98 Å². The van der Waals surface area contributed by atoms with Crippen molar-refractivity contribution >= 4 is 5.82 Å². The number of aromatic nitrogens is 2. The van der Waals surface area contributed by atoms with Crippen molar-refractivity contribution in [2.45, 2.75) is 26.0 Å². The van der Waals surface area contributed by atoms with Crippen LogP contribution in [0.25, 0.3) is 5.69 Å². The van der Waals surface area contributed by atoms with Gasteiger partial charge < -0.3 is 15.0 Å². The second-order valence-electron chi connectivity index (χ2n) is 7.22. The van der Waals surface area contributed by atoms with Gasteiger partial charge in [0.05, 0.1) is 11.9 Å². The van der Waals surface area contributed by atoms with Crippen LogP contribution in [0, 0.1) is 0 Å². The Morgan fingerprint density at radius 3 is 2.76 bits per heavy atom. The summed E-state index contributed by atoms with van der Waals surface area (Å²) in [5.74, 6) is 1.51. The molecule has 0 aliphatic carbocycles. The van der Waals surface area contributed by atoms with Crippen molar-refractivity contribution in [3.8, 4) is 11.4 Å². The highest BCUT2D eigenvalue weighted by Crippen LogP contribution is 2.17. The van der Waals surface area contributed by atoms with E-state index in [-0.39, 0.29) is 5.56 Å². The van der Waals surface area contributed by atoms with Crippen molar-refractivity contribution in [3.05, 3.63) is 82.9 Å². The first-order valence-corrected chi connectivity index (χ1v) is 10.1. The molecule has 0 bridgehead atoms.